The van der Waals surface area contributed by atoms with E-state index in [0.717, 1.165) is 45.2 Å². The van der Waals surface area contributed by atoms with Gasteiger partial charge in [0.25, 0.3) is 0 Å². The maximum Gasteiger partial charge on any atom is 0.191 e. The van der Waals surface area contributed by atoms with E-state index in [9.17, 15) is 8.42 Å². The Hall–Kier alpha value is -0.130. The van der Waals surface area contributed by atoms with Gasteiger partial charge in [-0.05, 0) is 25.2 Å². The van der Waals surface area contributed by atoms with E-state index in [0.29, 0.717) is 24.8 Å². The Morgan fingerprint density at radius 1 is 1.35 bits per heavy atom. The molecule has 2 fully saturated rings. The Morgan fingerprint density at radius 3 is 2.73 bits per heavy atom. The number of morpholine rings is 1. The first-order valence-electron chi connectivity index (χ1n) is 9.44. The average molecular weight is 502 g/mol. The monoisotopic (exact) mass is 502 g/mol. The molecule has 2 rings (SSSR count). The molecule has 0 radical (unpaired) electrons. The van der Waals surface area contributed by atoms with Gasteiger partial charge in [0.2, 0.25) is 0 Å². The van der Waals surface area contributed by atoms with Crippen molar-refractivity contribution >= 4 is 39.8 Å². The second-order valence-corrected chi connectivity index (χ2v) is 9.74. The smallest absolute Gasteiger partial charge is 0.191 e. The molecule has 0 aromatic heterocycles. The predicted molar refractivity (Wildman–Crippen MR) is 117 cm³/mol. The number of ether oxygens (including phenoxy) is 1. The molecule has 0 aromatic rings. The van der Waals surface area contributed by atoms with Crippen LogP contribution in [0.2, 0.25) is 0 Å². The normalized spacial score (nSPS) is 26.5. The summed E-state index contributed by atoms with van der Waals surface area (Å²) in [7, 11) is -2.84. The second kappa shape index (κ2) is 11.7. The van der Waals surface area contributed by atoms with Crippen LogP contribution in [0.25, 0.3) is 0 Å². The predicted octanol–water partition coefficient (Wildman–Crippen LogP) is 0.951. The van der Waals surface area contributed by atoms with Crippen LogP contribution < -0.4 is 10.6 Å². The summed E-state index contributed by atoms with van der Waals surface area (Å²) in [6.45, 7) is 12.4. The zero-order chi connectivity index (χ0) is 18.3. The molecule has 0 aliphatic carbocycles. The minimum absolute atomic E-state index is 0. The van der Waals surface area contributed by atoms with Gasteiger partial charge in [-0.15, -0.1) is 24.0 Å². The van der Waals surface area contributed by atoms with Crippen molar-refractivity contribution in [2.24, 2.45) is 16.8 Å². The lowest BCUT2D eigenvalue weighted by Crippen LogP contribution is -2.50. The van der Waals surface area contributed by atoms with E-state index in [2.05, 4.69) is 34.4 Å². The zero-order valence-electron chi connectivity index (χ0n) is 16.2. The van der Waals surface area contributed by atoms with Crippen molar-refractivity contribution in [1.82, 2.24) is 15.5 Å². The lowest BCUT2D eigenvalue weighted by molar-refractivity contribution is -0.0284. The Morgan fingerprint density at radius 2 is 2.12 bits per heavy atom. The Bertz CT molecular complexity index is 542. The molecule has 2 heterocycles. The standard InChI is InChI=1S/C17H34N4O3S.HI/c1-4-18-17(19-9-15-5-8-25(22,23)13-15)20-10-16-12-21(6-7-24-16)11-14(2)3;/h14-16H,4-13H2,1-3H3,(H2,18,19,20);1H. The van der Waals surface area contributed by atoms with Crippen LogP contribution in [0.3, 0.4) is 0 Å². The summed E-state index contributed by atoms with van der Waals surface area (Å²) in [6.07, 6.45) is 0.879. The topological polar surface area (TPSA) is 83.0 Å². The molecule has 7 nitrogen and oxygen atoms in total. The molecule has 0 amide bonds. The van der Waals surface area contributed by atoms with Gasteiger partial charge in [-0.25, -0.2) is 8.42 Å². The molecular weight excluding hydrogens is 467 g/mol. The van der Waals surface area contributed by atoms with Crippen molar-refractivity contribution in [1.29, 1.82) is 0 Å². The zero-order valence-corrected chi connectivity index (χ0v) is 19.4. The number of hydrogen-bond donors (Lipinski definition) is 2. The van der Waals surface area contributed by atoms with Crippen LogP contribution in [0.5, 0.6) is 0 Å². The minimum atomic E-state index is -2.84. The fraction of sp³-hybridized carbons (Fsp3) is 0.941. The van der Waals surface area contributed by atoms with Crippen molar-refractivity contribution in [2.45, 2.75) is 33.3 Å². The maximum atomic E-state index is 11.5. The summed E-state index contributed by atoms with van der Waals surface area (Å²) in [4.78, 5) is 7.03. The molecule has 2 saturated heterocycles. The minimum Gasteiger partial charge on any atom is -0.374 e. The Balaban J connectivity index is 0.00000338. The number of hydrogen-bond acceptors (Lipinski definition) is 5. The molecule has 2 unspecified atom stereocenters. The fourth-order valence-corrected chi connectivity index (χ4v) is 5.22. The number of nitrogens with one attached hydrogen (secondary N) is 2. The molecule has 2 N–H and O–H groups in total. The van der Waals surface area contributed by atoms with E-state index in [1.807, 2.05) is 6.92 Å². The van der Waals surface area contributed by atoms with Crippen LogP contribution in [0.4, 0.5) is 0 Å². The molecule has 154 valence electrons. The van der Waals surface area contributed by atoms with Crippen LogP contribution in [0, 0.1) is 11.8 Å². The number of halogens is 1. The number of guanidine groups is 1. The quantitative estimate of drug-likeness (QED) is 0.307. The molecule has 2 aliphatic heterocycles. The molecule has 0 spiro atoms. The van der Waals surface area contributed by atoms with E-state index in [1.54, 1.807) is 0 Å². The van der Waals surface area contributed by atoms with Crippen molar-refractivity contribution in [3.63, 3.8) is 0 Å². The first-order valence-corrected chi connectivity index (χ1v) is 11.3. The Kier molecular flexibility index (Phi) is 10.7. The van der Waals surface area contributed by atoms with Gasteiger partial charge in [-0.1, -0.05) is 13.8 Å². The van der Waals surface area contributed by atoms with E-state index in [4.69, 9.17) is 4.74 Å². The van der Waals surface area contributed by atoms with Crippen LogP contribution >= 0.6 is 24.0 Å². The molecule has 2 atom stereocenters. The van der Waals surface area contributed by atoms with Gasteiger partial charge in [-0.2, -0.15) is 0 Å². The van der Waals surface area contributed by atoms with Crippen LogP contribution in [0.15, 0.2) is 4.99 Å². The third kappa shape index (κ3) is 8.71. The van der Waals surface area contributed by atoms with Gasteiger partial charge >= 0.3 is 0 Å². The van der Waals surface area contributed by atoms with Gasteiger partial charge in [0.1, 0.15) is 0 Å². The van der Waals surface area contributed by atoms with Crippen molar-refractivity contribution in [3.05, 3.63) is 0 Å². The molecule has 9 heteroatoms. The number of aliphatic imine (C=N–C) groups is 1. The van der Waals surface area contributed by atoms with Gasteiger partial charge in [0.05, 0.1) is 24.2 Å². The van der Waals surface area contributed by atoms with Gasteiger partial charge in [-0.3, -0.25) is 9.89 Å². The first-order chi connectivity index (χ1) is 11.9. The van der Waals surface area contributed by atoms with Crippen LogP contribution in [-0.2, 0) is 14.6 Å². The third-order valence-electron chi connectivity index (χ3n) is 4.52. The summed E-state index contributed by atoms with van der Waals surface area (Å²) in [5.74, 6) is 2.13. The molecule has 0 bridgehead atoms. The number of rotatable bonds is 7. The summed E-state index contributed by atoms with van der Waals surface area (Å²) in [5, 5.41) is 6.58. The third-order valence-corrected chi connectivity index (χ3v) is 6.36. The fourth-order valence-electron chi connectivity index (χ4n) is 3.37. The SMILES string of the molecule is CCNC(=NCC1CCS(=O)(=O)C1)NCC1CN(CC(C)C)CCO1.I. The summed E-state index contributed by atoms with van der Waals surface area (Å²) < 4.78 is 29.0. The highest BCUT2D eigenvalue weighted by Crippen LogP contribution is 2.18. The first kappa shape index (κ1) is 23.9. The Labute approximate surface area is 175 Å². The van der Waals surface area contributed by atoms with E-state index >= 15 is 0 Å². The highest BCUT2D eigenvalue weighted by molar-refractivity contribution is 14.0. The average Bonchev–Trinajstić information content (AvgIpc) is 2.89. The van der Waals surface area contributed by atoms with Gasteiger partial charge < -0.3 is 15.4 Å². The van der Waals surface area contributed by atoms with E-state index < -0.39 is 9.84 Å². The van der Waals surface area contributed by atoms with Crippen molar-refractivity contribution in [2.75, 3.05) is 57.4 Å². The highest BCUT2D eigenvalue weighted by Gasteiger charge is 2.27. The maximum absolute atomic E-state index is 11.5. The summed E-state index contributed by atoms with van der Waals surface area (Å²) in [6, 6.07) is 0. The molecule has 0 saturated carbocycles. The number of sulfone groups is 1. The lowest BCUT2D eigenvalue weighted by Gasteiger charge is -2.34. The van der Waals surface area contributed by atoms with E-state index in [1.165, 1.54) is 0 Å². The summed E-state index contributed by atoms with van der Waals surface area (Å²) in [5.41, 5.74) is 0. The van der Waals surface area contributed by atoms with Crippen LogP contribution in [-0.4, -0.2) is 82.8 Å². The van der Waals surface area contributed by atoms with Gasteiger partial charge in [0, 0.05) is 39.3 Å². The largest absolute Gasteiger partial charge is 0.374 e. The number of nitrogens with zero attached hydrogens (tertiary/aromatic N) is 2. The molecule has 2 aliphatic rings. The van der Waals surface area contributed by atoms with Crippen molar-refractivity contribution < 1.29 is 13.2 Å². The molecule has 26 heavy (non-hydrogen) atoms. The lowest BCUT2D eigenvalue weighted by atomic mass is 10.1. The van der Waals surface area contributed by atoms with Crippen LogP contribution in [0.1, 0.15) is 27.2 Å². The summed E-state index contributed by atoms with van der Waals surface area (Å²) >= 11 is 0. The van der Waals surface area contributed by atoms with E-state index in [-0.39, 0.29) is 41.8 Å². The highest BCUT2D eigenvalue weighted by atomic mass is 127. The second-order valence-electron chi connectivity index (χ2n) is 7.52. The molecule has 0 aromatic carbocycles. The van der Waals surface area contributed by atoms with Gasteiger partial charge in [0.15, 0.2) is 15.8 Å². The molecular formula is C17H35IN4O3S. The van der Waals surface area contributed by atoms with Crippen molar-refractivity contribution in [3.8, 4) is 0 Å².